The van der Waals surface area contributed by atoms with Crippen molar-refractivity contribution >= 4 is 35.5 Å². The van der Waals surface area contributed by atoms with Crippen LogP contribution in [0.3, 0.4) is 0 Å². The molecule has 12 nitrogen and oxygen atoms in total. The maximum Gasteiger partial charge on any atom is 0.410 e. The SMILES string of the molecule is CN(C)C(=O)[C@@H](NC(=O)CNC(=O)C(=O)C(CC1CC1)NC(=O)[C@@H]1C2[C@H](CN1C(=O)OC(C)(C)C)C2(C)C)c1ccccc1. The molecule has 1 saturated heterocycles. The van der Waals surface area contributed by atoms with Gasteiger partial charge in [0, 0.05) is 20.6 Å². The second kappa shape index (κ2) is 12.6. The van der Waals surface area contributed by atoms with Gasteiger partial charge in [-0.15, -0.1) is 0 Å². The third kappa shape index (κ3) is 7.57. The quantitative estimate of drug-likeness (QED) is 0.323. The lowest BCUT2D eigenvalue weighted by Crippen LogP contribution is -2.56. The summed E-state index contributed by atoms with van der Waals surface area (Å²) in [5.41, 5.74) is -0.314. The van der Waals surface area contributed by atoms with Gasteiger partial charge in [-0.1, -0.05) is 57.0 Å². The van der Waals surface area contributed by atoms with Gasteiger partial charge in [-0.3, -0.25) is 28.9 Å². The molecule has 1 aliphatic heterocycles. The van der Waals surface area contributed by atoms with Crippen molar-refractivity contribution < 1.29 is 33.5 Å². The Morgan fingerprint density at radius 2 is 1.66 bits per heavy atom. The summed E-state index contributed by atoms with van der Waals surface area (Å²) in [6, 6.07) is 5.80. The van der Waals surface area contributed by atoms with E-state index < -0.39 is 59.9 Å². The van der Waals surface area contributed by atoms with E-state index in [0.717, 1.165) is 12.8 Å². The maximum atomic E-state index is 13.7. The Kier molecular flexibility index (Phi) is 9.41. The number of Topliss-reactive ketones (excluding diaryl/α,β-unsaturated/α-hetero) is 1. The molecule has 2 unspecified atom stereocenters. The largest absolute Gasteiger partial charge is 0.444 e. The van der Waals surface area contributed by atoms with Gasteiger partial charge in [0.2, 0.25) is 23.5 Å². The second-order valence-electron chi connectivity index (χ2n) is 14.0. The van der Waals surface area contributed by atoms with Gasteiger partial charge in [-0.25, -0.2) is 4.79 Å². The zero-order chi connectivity index (χ0) is 32.6. The second-order valence-corrected chi connectivity index (χ2v) is 14.0. The highest BCUT2D eigenvalue weighted by atomic mass is 16.6. The number of piperidine rings is 1. The number of likely N-dealkylation sites (N-methyl/N-ethyl adjacent to an activating group) is 1. The number of likely N-dealkylation sites (tertiary alicyclic amines) is 1. The van der Waals surface area contributed by atoms with Crippen molar-refractivity contribution in [3.05, 3.63) is 35.9 Å². The lowest BCUT2D eigenvalue weighted by Gasteiger charge is -2.32. The third-order valence-electron chi connectivity index (χ3n) is 8.76. The van der Waals surface area contributed by atoms with Crippen LogP contribution in [0.2, 0.25) is 0 Å². The molecule has 5 atom stereocenters. The van der Waals surface area contributed by atoms with E-state index in [1.807, 2.05) is 0 Å². The zero-order valence-corrected chi connectivity index (χ0v) is 26.6. The molecular weight excluding hydrogens is 566 g/mol. The Hall–Kier alpha value is -3.96. The Balaban J connectivity index is 1.40. The molecule has 3 aliphatic rings. The number of rotatable bonds is 11. The third-order valence-corrected chi connectivity index (χ3v) is 8.76. The van der Waals surface area contributed by atoms with Crippen LogP contribution < -0.4 is 16.0 Å². The van der Waals surface area contributed by atoms with Crippen LogP contribution in [0.15, 0.2) is 30.3 Å². The molecule has 2 saturated carbocycles. The molecule has 44 heavy (non-hydrogen) atoms. The van der Waals surface area contributed by atoms with Crippen molar-refractivity contribution in [2.45, 2.75) is 77.6 Å². The van der Waals surface area contributed by atoms with Gasteiger partial charge in [-0.2, -0.15) is 0 Å². The molecule has 3 N–H and O–H groups in total. The van der Waals surface area contributed by atoms with Crippen molar-refractivity contribution in [3.63, 3.8) is 0 Å². The number of nitrogens with one attached hydrogen (secondary N) is 3. The zero-order valence-electron chi connectivity index (χ0n) is 26.6. The van der Waals surface area contributed by atoms with Crippen LogP contribution in [0.1, 0.15) is 65.5 Å². The molecule has 0 radical (unpaired) electrons. The van der Waals surface area contributed by atoms with Gasteiger partial charge >= 0.3 is 6.09 Å². The number of amides is 5. The average Bonchev–Trinajstić information content (AvgIpc) is 3.80. The van der Waals surface area contributed by atoms with Gasteiger partial charge in [0.1, 0.15) is 17.7 Å². The van der Waals surface area contributed by atoms with Gasteiger partial charge in [-0.05, 0) is 55.9 Å². The van der Waals surface area contributed by atoms with Crippen molar-refractivity contribution in [1.29, 1.82) is 0 Å². The van der Waals surface area contributed by atoms with Gasteiger partial charge in [0.15, 0.2) is 0 Å². The number of hydrogen-bond acceptors (Lipinski definition) is 7. The van der Waals surface area contributed by atoms with Crippen molar-refractivity contribution in [1.82, 2.24) is 25.8 Å². The van der Waals surface area contributed by atoms with Crippen molar-refractivity contribution in [2.75, 3.05) is 27.2 Å². The van der Waals surface area contributed by atoms with E-state index in [0.29, 0.717) is 12.1 Å². The molecule has 0 aromatic heterocycles. The number of benzene rings is 1. The van der Waals surface area contributed by atoms with Crippen molar-refractivity contribution in [2.24, 2.45) is 23.2 Å². The highest BCUT2D eigenvalue weighted by Gasteiger charge is 2.70. The standard InChI is InChI=1S/C32H45N5O7/c1-31(2,3)44-30(43)37-17-20-23(32(20,4)5)25(37)27(40)34-21(15-18-13-14-18)26(39)28(41)33-16-22(38)35-24(29(42)36(6)7)19-11-9-8-10-12-19/h8-12,18,20-21,23-25H,13-17H2,1-7H3,(H,33,41)(H,34,40)(H,35,38)/t20-,21?,23?,24-,25-/m0/s1. The number of ketones is 1. The predicted octanol–water partition coefficient (Wildman–Crippen LogP) is 1.79. The Morgan fingerprint density at radius 1 is 1.02 bits per heavy atom. The highest BCUT2D eigenvalue weighted by molar-refractivity contribution is 6.38. The summed E-state index contributed by atoms with van der Waals surface area (Å²) in [6.45, 7) is 9.21. The fourth-order valence-corrected chi connectivity index (χ4v) is 6.08. The molecular formula is C32H45N5O7. The molecule has 0 bridgehead atoms. The highest BCUT2D eigenvalue weighted by Crippen LogP contribution is 2.65. The Morgan fingerprint density at radius 3 is 2.23 bits per heavy atom. The number of carbonyl (C=O) groups is 6. The van der Waals surface area contributed by atoms with E-state index in [1.165, 1.54) is 9.80 Å². The molecule has 3 fully saturated rings. The fraction of sp³-hybridized carbons (Fsp3) is 0.625. The minimum Gasteiger partial charge on any atom is -0.444 e. The lowest BCUT2D eigenvalue weighted by atomic mass is 9.99. The summed E-state index contributed by atoms with van der Waals surface area (Å²) in [5, 5.41) is 7.74. The minimum absolute atomic E-state index is 0.0911. The lowest BCUT2D eigenvalue weighted by molar-refractivity contribution is -0.141. The first-order valence-corrected chi connectivity index (χ1v) is 15.2. The van der Waals surface area contributed by atoms with Crippen LogP contribution in [0.25, 0.3) is 0 Å². The molecule has 12 heteroatoms. The first kappa shape index (κ1) is 32.9. The van der Waals surface area contributed by atoms with Gasteiger partial charge in [0.25, 0.3) is 5.91 Å². The monoisotopic (exact) mass is 611 g/mol. The normalized spacial score (nSPS) is 23.0. The smallest absolute Gasteiger partial charge is 0.410 e. The van der Waals surface area contributed by atoms with Gasteiger partial charge < -0.3 is 25.6 Å². The molecule has 5 amide bonds. The van der Waals surface area contributed by atoms with Crippen LogP contribution in [0, 0.1) is 23.2 Å². The van der Waals surface area contributed by atoms with E-state index in [4.69, 9.17) is 4.74 Å². The summed E-state index contributed by atoms with van der Waals surface area (Å²) in [4.78, 5) is 81.2. The Bertz CT molecular complexity index is 1300. The maximum absolute atomic E-state index is 13.7. The topological polar surface area (TPSA) is 154 Å². The van der Waals surface area contributed by atoms with E-state index in [1.54, 1.807) is 65.2 Å². The van der Waals surface area contributed by atoms with Crippen LogP contribution in [-0.4, -0.2) is 90.2 Å². The molecule has 240 valence electrons. The van der Waals surface area contributed by atoms with E-state index in [9.17, 15) is 28.8 Å². The average molecular weight is 612 g/mol. The molecule has 4 rings (SSSR count). The summed E-state index contributed by atoms with van der Waals surface area (Å²) in [5.74, 6) is -3.15. The number of nitrogens with zero attached hydrogens (tertiary/aromatic N) is 2. The van der Waals surface area contributed by atoms with Gasteiger partial charge in [0.05, 0.1) is 12.6 Å². The minimum atomic E-state index is -1.10. The van der Waals surface area contributed by atoms with E-state index in [-0.39, 0.29) is 35.5 Å². The summed E-state index contributed by atoms with van der Waals surface area (Å²) in [7, 11) is 3.14. The molecule has 2 aliphatic carbocycles. The molecule has 0 spiro atoms. The van der Waals surface area contributed by atoms with Crippen LogP contribution in [0.4, 0.5) is 4.79 Å². The van der Waals surface area contributed by atoms with E-state index in [2.05, 4.69) is 29.8 Å². The summed E-state index contributed by atoms with van der Waals surface area (Å²) in [6.07, 6.45) is 1.47. The van der Waals surface area contributed by atoms with Crippen LogP contribution in [0.5, 0.6) is 0 Å². The number of ether oxygens (including phenoxy) is 1. The van der Waals surface area contributed by atoms with E-state index >= 15 is 0 Å². The fourth-order valence-electron chi connectivity index (χ4n) is 6.08. The predicted molar refractivity (Wildman–Crippen MR) is 161 cm³/mol. The van der Waals surface area contributed by atoms with Crippen molar-refractivity contribution in [3.8, 4) is 0 Å². The molecule has 1 aromatic rings. The Labute approximate surface area is 258 Å². The van der Waals surface area contributed by atoms with Crippen LogP contribution >= 0.6 is 0 Å². The summed E-state index contributed by atoms with van der Waals surface area (Å²) >= 11 is 0. The first-order valence-electron chi connectivity index (χ1n) is 15.2. The first-order chi connectivity index (χ1) is 20.5. The molecule has 1 aromatic carbocycles. The summed E-state index contributed by atoms with van der Waals surface area (Å²) < 4.78 is 5.56. The number of carbonyl (C=O) groups excluding carboxylic acids is 6. The van der Waals surface area contributed by atoms with Crippen LogP contribution in [-0.2, 0) is 28.7 Å². The number of hydrogen-bond donors (Lipinski definition) is 3. The number of fused-ring (bicyclic) bond motifs is 1. The molecule has 1 heterocycles.